The van der Waals surface area contributed by atoms with E-state index in [9.17, 15) is 9.59 Å². The molecule has 0 saturated heterocycles. The summed E-state index contributed by atoms with van der Waals surface area (Å²) < 4.78 is 19.9. The van der Waals surface area contributed by atoms with Crippen molar-refractivity contribution in [1.82, 2.24) is 4.57 Å². The summed E-state index contributed by atoms with van der Waals surface area (Å²) >= 11 is 8.36. The number of hydrogen-bond acceptors (Lipinski definition) is 7. The largest absolute Gasteiger partial charge is 0.497 e. The second-order valence-electron chi connectivity index (χ2n) is 7.82. The minimum Gasteiger partial charge on any atom is -0.497 e. The van der Waals surface area contributed by atoms with Crippen LogP contribution in [0.15, 0.2) is 66.4 Å². The molecule has 3 aromatic rings. The number of methoxy groups -OCH3 is 1. The van der Waals surface area contributed by atoms with Gasteiger partial charge in [0.1, 0.15) is 11.5 Å². The van der Waals surface area contributed by atoms with Crippen LogP contribution in [0.4, 0.5) is 0 Å². The summed E-state index contributed by atoms with van der Waals surface area (Å²) in [6.07, 6.45) is 1.81. The highest BCUT2D eigenvalue weighted by molar-refractivity contribution is 9.11. The van der Waals surface area contributed by atoms with Gasteiger partial charge in [-0.15, -0.1) is 0 Å². The fraction of sp³-hybridized carbons (Fsp3) is 0.269. The first-order valence-corrected chi connectivity index (χ1v) is 13.6. The van der Waals surface area contributed by atoms with Crippen LogP contribution in [0.5, 0.6) is 11.5 Å². The molecule has 10 heteroatoms. The van der Waals surface area contributed by atoms with Crippen LogP contribution < -0.4 is 24.4 Å². The van der Waals surface area contributed by atoms with Gasteiger partial charge in [-0.05, 0) is 94.1 Å². The van der Waals surface area contributed by atoms with Crippen LogP contribution in [0.25, 0.3) is 6.08 Å². The number of aromatic nitrogens is 1. The lowest BCUT2D eigenvalue weighted by atomic mass is 9.96. The van der Waals surface area contributed by atoms with E-state index in [0.717, 1.165) is 20.1 Å². The fourth-order valence-corrected chi connectivity index (χ4v) is 6.49. The number of nitrogens with zero attached hydrogens (tertiary/aromatic N) is 2. The van der Waals surface area contributed by atoms with Gasteiger partial charge in [-0.25, -0.2) is 9.79 Å². The number of hydrogen-bond donors (Lipinski definition) is 0. The average Bonchev–Trinajstić information content (AvgIpc) is 3.15. The normalized spacial score (nSPS) is 15.4. The quantitative estimate of drug-likeness (QED) is 0.351. The summed E-state index contributed by atoms with van der Waals surface area (Å²) in [4.78, 5) is 31.8. The standard InChI is InChI=1S/C26H24Br2N2O5S/c1-5-34-23-18(27)11-15(12-19(23)28)13-20-24(31)30-22(16-7-9-17(33-4)10-8-16)21(25(32)35-6-2)14(3)29-26(30)36-20/h7-13,22H,5-6H2,1-4H3/b20-13-/t22-/m1/s1. The van der Waals surface area contributed by atoms with Crippen molar-refractivity contribution in [3.63, 3.8) is 0 Å². The van der Waals surface area contributed by atoms with Crippen molar-refractivity contribution < 1.29 is 19.0 Å². The number of rotatable bonds is 7. The Morgan fingerprint density at radius 1 is 1.14 bits per heavy atom. The van der Waals surface area contributed by atoms with E-state index in [1.54, 1.807) is 37.7 Å². The number of thiazole rings is 1. The molecule has 0 N–H and O–H groups in total. The van der Waals surface area contributed by atoms with Gasteiger partial charge < -0.3 is 14.2 Å². The second-order valence-corrected chi connectivity index (χ2v) is 10.5. The topological polar surface area (TPSA) is 79.1 Å². The maximum Gasteiger partial charge on any atom is 0.338 e. The molecule has 0 bridgehead atoms. The highest BCUT2D eigenvalue weighted by atomic mass is 79.9. The van der Waals surface area contributed by atoms with E-state index in [1.165, 1.54) is 11.3 Å². The van der Waals surface area contributed by atoms with Crippen LogP contribution in [0.3, 0.4) is 0 Å². The van der Waals surface area contributed by atoms with Crippen molar-refractivity contribution >= 4 is 55.2 Å². The predicted octanol–water partition coefficient (Wildman–Crippen LogP) is 4.73. The van der Waals surface area contributed by atoms with Gasteiger partial charge in [-0.3, -0.25) is 9.36 Å². The first-order valence-electron chi connectivity index (χ1n) is 11.2. The van der Waals surface area contributed by atoms with E-state index < -0.39 is 12.0 Å². The van der Waals surface area contributed by atoms with Crippen LogP contribution in [-0.4, -0.2) is 30.9 Å². The average molecular weight is 636 g/mol. The highest BCUT2D eigenvalue weighted by Gasteiger charge is 2.33. The number of allylic oxidation sites excluding steroid dienone is 1. The molecule has 0 amide bonds. The molecule has 1 aliphatic rings. The van der Waals surface area contributed by atoms with E-state index in [-0.39, 0.29) is 12.2 Å². The van der Waals surface area contributed by atoms with E-state index in [2.05, 4.69) is 36.9 Å². The van der Waals surface area contributed by atoms with Crippen LogP contribution >= 0.6 is 43.2 Å². The second kappa shape index (κ2) is 11.1. The highest BCUT2D eigenvalue weighted by Crippen LogP contribution is 2.35. The third-order valence-corrected chi connectivity index (χ3v) is 7.72. The zero-order valence-corrected chi connectivity index (χ0v) is 24.1. The van der Waals surface area contributed by atoms with Crippen molar-refractivity contribution in [3.8, 4) is 11.5 Å². The van der Waals surface area contributed by atoms with Crippen LogP contribution in [0, 0.1) is 0 Å². The summed E-state index contributed by atoms with van der Waals surface area (Å²) in [5.41, 5.74) is 2.19. The molecule has 0 radical (unpaired) electrons. The summed E-state index contributed by atoms with van der Waals surface area (Å²) in [6.45, 7) is 6.18. The van der Waals surface area contributed by atoms with Gasteiger partial charge >= 0.3 is 5.97 Å². The summed E-state index contributed by atoms with van der Waals surface area (Å²) in [7, 11) is 1.59. The summed E-state index contributed by atoms with van der Waals surface area (Å²) in [5, 5.41) is 0. The Bertz CT molecular complexity index is 1500. The Morgan fingerprint density at radius 2 is 1.81 bits per heavy atom. The molecule has 36 heavy (non-hydrogen) atoms. The lowest BCUT2D eigenvalue weighted by Gasteiger charge is -2.24. The third kappa shape index (κ3) is 5.07. The fourth-order valence-electron chi connectivity index (χ4n) is 3.99. The van der Waals surface area contributed by atoms with Gasteiger partial charge in [-0.2, -0.15) is 0 Å². The van der Waals surface area contributed by atoms with Gasteiger partial charge in [0, 0.05) is 0 Å². The van der Waals surface area contributed by atoms with Gasteiger partial charge in [0.25, 0.3) is 5.56 Å². The van der Waals surface area contributed by atoms with Crippen molar-refractivity contribution in [3.05, 3.63) is 87.4 Å². The van der Waals surface area contributed by atoms with Gasteiger partial charge in [0.2, 0.25) is 0 Å². The van der Waals surface area contributed by atoms with Crippen LogP contribution in [0.1, 0.15) is 37.9 Å². The zero-order valence-electron chi connectivity index (χ0n) is 20.1. The van der Waals surface area contributed by atoms with Gasteiger partial charge in [-0.1, -0.05) is 23.5 Å². The van der Waals surface area contributed by atoms with Crippen molar-refractivity contribution in [2.45, 2.75) is 26.8 Å². The minimum atomic E-state index is -0.674. The number of halogens is 2. The van der Waals surface area contributed by atoms with Gasteiger partial charge in [0.05, 0.1) is 51.1 Å². The van der Waals surface area contributed by atoms with Crippen molar-refractivity contribution in [2.24, 2.45) is 4.99 Å². The Morgan fingerprint density at radius 3 is 2.39 bits per heavy atom. The minimum absolute atomic E-state index is 0.219. The Kier molecular flexibility index (Phi) is 8.17. The number of esters is 1. The molecule has 1 atom stereocenters. The van der Waals surface area contributed by atoms with Crippen molar-refractivity contribution in [2.75, 3.05) is 20.3 Å². The molecule has 2 aromatic carbocycles. The monoisotopic (exact) mass is 634 g/mol. The number of fused-ring (bicyclic) bond motifs is 1. The Labute approximate surface area is 229 Å². The molecule has 188 valence electrons. The van der Waals surface area contributed by atoms with Gasteiger partial charge in [0.15, 0.2) is 4.80 Å². The molecular weight excluding hydrogens is 612 g/mol. The number of benzene rings is 2. The van der Waals surface area contributed by atoms with E-state index in [4.69, 9.17) is 14.2 Å². The summed E-state index contributed by atoms with van der Waals surface area (Å²) in [6, 6.07) is 10.4. The van der Waals surface area contributed by atoms with E-state index in [0.29, 0.717) is 38.7 Å². The molecule has 0 aliphatic carbocycles. The maximum absolute atomic E-state index is 13.7. The molecule has 2 heterocycles. The number of carbonyl (C=O) groups is 1. The first-order chi connectivity index (χ1) is 17.3. The number of ether oxygens (including phenoxy) is 3. The SMILES string of the molecule is CCOC(=O)C1=C(C)N=c2s/c(=C\c3cc(Br)c(OCC)c(Br)c3)c(=O)n2[C@@H]1c1ccc(OC)cc1. The van der Waals surface area contributed by atoms with E-state index >= 15 is 0 Å². The lowest BCUT2D eigenvalue weighted by Crippen LogP contribution is -2.39. The third-order valence-electron chi connectivity index (χ3n) is 5.56. The Hall–Kier alpha value is -2.69. The number of carbonyl (C=O) groups excluding carboxylic acids is 1. The molecule has 4 rings (SSSR count). The zero-order chi connectivity index (χ0) is 26.0. The smallest absolute Gasteiger partial charge is 0.338 e. The molecule has 0 spiro atoms. The Balaban J connectivity index is 1.91. The molecule has 0 saturated carbocycles. The van der Waals surface area contributed by atoms with Crippen LogP contribution in [-0.2, 0) is 9.53 Å². The molecule has 7 nitrogen and oxygen atoms in total. The summed E-state index contributed by atoms with van der Waals surface area (Å²) in [5.74, 6) is 0.884. The maximum atomic E-state index is 13.7. The predicted molar refractivity (Wildman–Crippen MR) is 146 cm³/mol. The van der Waals surface area contributed by atoms with Crippen LogP contribution in [0.2, 0.25) is 0 Å². The molecule has 0 fully saturated rings. The lowest BCUT2D eigenvalue weighted by molar-refractivity contribution is -0.139. The molecule has 0 unspecified atom stereocenters. The molecule has 1 aromatic heterocycles. The molecule has 1 aliphatic heterocycles. The van der Waals surface area contributed by atoms with Crippen molar-refractivity contribution in [1.29, 1.82) is 0 Å². The van der Waals surface area contributed by atoms with E-state index in [1.807, 2.05) is 37.3 Å². The first kappa shape index (κ1) is 26.4. The molecular formula is C26H24Br2N2O5S.